The second-order valence-corrected chi connectivity index (χ2v) is 8.67. The van der Waals surface area contributed by atoms with Gasteiger partial charge >= 0.3 is 0 Å². The maximum atomic E-state index is 14.9. The predicted molar refractivity (Wildman–Crippen MR) is 130 cm³/mol. The molecule has 2 N–H and O–H groups in total. The number of nitrogens with one attached hydrogen (secondary N) is 2. The maximum absolute atomic E-state index is 14.9. The van der Waals surface area contributed by atoms with Gasteiger partial charge in [-0.2, -0.15) is 15.0 Å². The van der Waals surface area contributed by atoms with Gasteiger partial charge in [0.15, 0.2) is 11.6 Å². The summed E-state index contributed by atoms with van der Waals surface area (Å²) in [4.78, 5) is 23.3. The van der Waals surface area contributed by atoms with Crippen molar-refractivity contribution < 1.29 is 23.0 Å². The molecule has 5 rings (SSSR count). The zero-order valence-electron chi connectivity index (χ0n) is 20.2. The number of benzene rings is 2. The van der Waals surface area contributed by atoms with E-state index in [9.17, 15) is 13.6 Å². The third-order valence-electron chi connectivity index (χ3n) is 6.16. The van der Waals surface area contributed by atoms with E-state index in [1.54, 1.807) is 13.1 Å². The SMILES string of the molecule is COc1ccc([C@@H](NC(=O)c2cc(F)c3cnc(NC4CCOCC4)nc3c2)c2cnn(C)n2)cc1F. The van der Waals surface area contributed by atoms with Gasteiger partial charge in [0.2, 0.25) is 5.95 Å². The lowest BCUT2D eigenvalue weighted by Crippen LogP contribution is -2.30. The van der Waals surface area contributed by atoms with Gasteiger partial charge in [-0.25, -0.2) is 18.7 Å². The molecule has 12 heteroatoms. The van der Waals surface area contributed by atoms with Crippen LogP contribution < -0.4 is 15.4 Å². The standard InChI is InChI=1S/C25H25F2N7O3/c1-34-29-13-21(33-34)23(14-3-4-22(36-2)19(27)9-14)32-24(35)15-10-18(26)17-12-28-25(31-20(17)11-15)30-16-5-7-37-8-6-16/h3-4,9-13,16,23H,5-8H2,1-2H3,(H,32,35)(H,28,30,31)/t23-/m1/s1. The largest absolute Gasteiger partial charge is 0.494 e. The van der Waals surface area contributed by atoms with Crippen LogP contribution in [0.25, 0.3) is 10.9 Å². The van der Waals surface area contributed by atoms with E-state index in [-0.39, 0.29) is 28.3 Å². The third-order valence-corrected chi connectivity index (χ3v) is 6.16. The molecule has 1 atom stereocenters. The van der Waals surface area contributed by atoms with Gasteiger partial charge in [0.25, 0.3) is 5.91 Å². The number of rotatable bonds is 7. The van der Waals surface area contributed by atoms with E-state index >= 15 is 0 Å². The number of fused-ring (bicyclic) bond motifs is 1. The molecule has 10 nitrogen and oxygen atoms in total. The van der Waals surface area contributed by atoms with Crippen LogP contribution in [0.2, 0.25) is 0 Å². The number of anilines is 1. The average Bonchev–Trinajstić information content (AvgIpc) is 3.33. The molecular weight excluding hydrogens is 484 g/mol. The molecule has 0 aliphatic carbocycles. The van der Waals surface area contributed by atoms with Crippen LogP contribution in [0.5, 0.6) is 5.75 Å². The van der Waals surface area contributed by atoms with Crippen molar-refractivity contribution in [2.45, 2.75) is 24.9 Å². The van der Waals surface area contributed by atoms with Crippen molar-refractivity contribution in [2.24, 2.45) is 7.05 Å². The fourth-order valence-corrected chi connectivity index (χ4v) is 4.22. The lowest BCUT2D eigenvalue weighted by atomic mass is 10.0. The Morgan fingerprint density at radius 3 is 2.68 bits per heavy atom. The minimum absolute atomic E-state index is 0.0450. The van der Waals surface area contributed by atoms with Crippen LogP contribution >= 0.6 is 0 Å². The van der Waals surface area contributed by atoms with Crippen molar-refractivity contribution in [1.29, 1.82) is 0 Å². The Labute approximate surface area is 211 Å². The summed E-state index contributed by atoms with van der Waals surface area (Å²) in [5.74, 6) is -1.41. The molecule has 1 aliphatic heterocycles. The lowest BCUT2D eigenvalue weighted by molar-refractivity contribution is 0.0903. The Kier molecular flexibility index (Phi) is 6.91. The summed E-state index contributed by atoms with van der Waals surface area (Å²) >= 11 is 0. The highest BCUT2D eigenvalue weighted by atomic mass is 19.1. The Morgan fingerprint density at radius 2 is 1.97 bits per heavy atom. The molecule has 2 aromatic heterocycles. The van der Waals surface area contributed by atoms with Crippen LogP contribution in [-0.4, -0.2) is 57.2 Å². The molecule has 1 aliphatic rings. The van der Waals surface area contributed by atoms with E-state index in [4.69, 9.17) is 9.47 Å². The molecule has 2 aromatic carbocycles. The van der Waals surface area contributed by atoms with E-state index in [0.717, 1.165) is 18.9 Å². The van der Waals surface area contributed by atoms with Gasteiger partial charge in [0.05, 0.1) is 24.2 Å². The minimum atomic E-state index is -0.850. The highest BCUT2D eigenvalue weighted by molar-refractivity contribution is 5.98. The molecule has 4 aromatic rings. The van der Waals surface area contributed by atoms with Crippen LogP contribution in [0.4, 0.5) is 14.7 Å². The van der Waals surface area contributed by atoms with Crippen molar-refractivity contribution in [3.05, 3.63) is 71.2 Å². The average molecular weight is 510 g/mol. The number of ether oxygens (including phenoxy) is 2. The number of hydrogen-bond donors (Lipinski definition) is 2. The first kappa shape index (κ1) is 24.5. The normalized spacial score (nSPS) is 14.9. The van der Waals surface area contributed by atoms with E-state index < -0.39 is 23.6 Å². The van der Waals surface area contributed by atoms with Gasteiger partial charge < -0.3 is 20.1 Å². The summed E-state index contributed by atoms with van der Waals surface area (Å²) in [6.45, 7) is 1.30. The molecule has 1 amide bonds. The van der Waals surface area contributed by atoms with E-state index in [1.165, 1.54) is 42.5 Å². The molecule has 0 bridgehead atoms. The summed E-state index contributed by atoms with van der Waals surface area (Å²) in [5, 5.41) is 14.6. The molecule has 0 saturated carbocycles. The topological polar surface area (TPSA) is 116 Å². The number of hydrogen-bond acceptors (Lipinski definition) is 8. The Balaban J connectivity index is 1.44. The highest BCUT2D eigenvalue weighted by Crippen LogP contribution is 2.27. The Hall–Kier alpha value is -4.19. The van der Waals surface area contributed by atoms with Gasteiger partial charge in [-0.1, -0.05) is 6.07 Å². The molecule has 192 valence electrons. The van der Waals surface area contributed by atoms with Gasteiger partial charge in [-0.3, -0.25) is 4.79 Å². The molecule has 1 fully saturated rings. The molecule has 0 unspecified atom stereocenters. The van der Waals surface area contributed by atoms with Crippen LogP contribution in [0, 0.1) is 11.6 Å². The number of methoxy groups -OCH3 is 1. The summed E-state index contributed by atoms with van der Waals surface area (Å²) in [6.07, 6.45) is 4.49. The summed E-state index contributed by atoms with van der Waals surface area (Å²) in [7, 11) is 2.99. The van der Waals surface area contributed by atoms with Crippen molar-refractivity contribution in [2.75, 3.05) is 25.6 Å². The molecule has 1 saturated heterocycles. The Bertz CT molecular complexity index is 1440. The molecule has 0 spiro atoms. The van der Waals surface area contributed by atoms with Crippen LogP contribution in [0.15, 0.2) is 42.7 Å². The number of aryl methyl sites for hydroxylation is 1. The number of amides is 1. The fourth-order valence-electron chi connectivity index (χ4n) is 4.22. The predicted octanol–water partition coefficient (Wildman–Crippen LogP) is 3.16. The van der Waals surface area contributed by atoms with E-state index in [0.29, 0.717) is 30.4 Å². The first-order valence-electron chi connectivity index (χ1n) is 11.7. The second-order valence-electron chi connectivity index (χ2n) is 8.67. The molecule has 3 heterocycles. The smallest absolute Gasteiger partial charge is 0.252 e. The van der Waals surface area contributed by atoms with Gasteiger partial charge in [0, 0.05) is 38.1 Å². The zero-order chi connectivity index (χ0) is 25.9. The van der Waals surface area contributed by atoms with Crippen LogP contribution in [-0.2, 0) is 11.8 Å². The number of carbonyl (C=O) groups excluding carboxylic acids is 1. The number of aromatic nitrogens is 5. The molecular formula is C25H25F2N7O3. The lowest BCUT2D eigenvalue weighted by Gasteiger charge is -2.23. The first-order valence-corrected chi connectivity index (χ1v) is 11.7. The van der Waals surface area contributed by atoms with Crippen LogP contribution in [0.1, 0.15) is 40.5 Å². The monoisotopic (exact) mass is 509 g/mol. The summed E-state index contributed by atoms with van der Waals surface area (Å²) in [5.41, 5.74) is 1.12. The Morgan fingerprint density at radius 1 is 1.16 bits per heavy atom. The second kappa shape index (κ2) is 10.4. The quantitative estimate of drug-likeness (QED) is 0.390. The van der Waals surface area contributed by atoms with E-state index in [1.807, 2.05) is 0 Å². The minimum Gasteiger partial charge on any atom is -0.494 e. The summed E-state index contributed by atoms with van der Waals surface area (Å²) in [6, 6.07) is 6.24. The zero-order valence-corrected chi connectivity index (χ0v) is 20.2. The van der Waals surface area contributed by atoms with Gasteiger partial charge in [0.1, 0.15) is 17.6 Å². The first-order chi connectivity index (χ1) is 17.9. The fraction of sp³-hybridized carbons (Fsp3) is 0.320. The third kappa shape index (κ3) is 5.33. The van der Waals surface area contributed by atoms with Crippen molar-refractivity contribution in [3.63, 3.8) is 0 Å². The van der Waals surface area contributed by atoms with Crippen molar-refractivity contribution in [3.8, 4) is 5.75 Å². The van der Waals surface area contributed by atoms with Crippen molar-refractivity contribution in [1.82, 2.24) is 30.3 Å². The highest BCUT2D eigenvalue weighted by Gasteiger charge is 2.23. The maximum Gasteiger partial charge on any atom is 0.252 e. The number of nitrogens with zero attached hydrogens (tertiary/aromatic N) is 5. The van der Waals surface area contributed by atoms with Crippen molar-refractivity contribution >= 4 is 22.8 Å². The van der Waals surface area contributed by atoms with Gasteiger partial charge in [-0.05, 0) is 42.7 Å². The number of carbonyl (C=O) groups is 1. The molecule has 37 heavy (non-hydrogen) atoms. The molecule has 0 radical (unpaired) electrons. The van der Waals surface area contributed by atoms with Gasteiger partial charge in [-0.15, -0.1) is 0 Å². The number of halogens is 2. The van der Waals surface area contributed by atoms with Crippen LogP contribution in [0.3, 0.4) is 0 Å². The summed E-state index contributed by atoms with van der Waals surface area (Å²) < 4.78 is 39.8. The van der Waals surface area contributed by atoms with E-state index in [2.05, 4.69) is 30.8 Å².